The summed E-state index contributed by atoms with van der Waals surface area (Å²) in [4.78, 5) is 29.5. The van der Waals surface area contributed by atoms with Gasteiger partial charge in [-0.15, -0.1) is 12.4 Å². The predicted molar refractivity (Wildman–Crippen MR) is 117 cm³/mol. The number of anilines is 1. The van der Waals surface area contributed by atoms with Crippen LogP contribution >= 0.6 is 12.4 Å². The number of halogens is 1. The second-order valence-corrected chi connectivity index (χ2v) is 7.10. The highest BCUT2D eigenvalue weighted by Crippen LogP contribution is 2.29. The molecule has 1 saturated heterocycles. The normalized spacial score (nSPS) is 14.2. The van der Waals surface area contributed by atoms with Crippen molar-refractivity contribution in [3.05, 3.63) is 36.5 Å². The van der Waals surface area contributed by atoms with Gasteiger partial charge in [0.25, 0.3) is 5.91 Å². The van der Waals surface area contributed by atoms with E-state index in [2.05, 4.69) is 50.8 Å². The number of carbonyl (C=O) groups excluding carboxylic acids is 2. The van der Waals surface area contributed by atoms with Crippen molar-refractivity contribution in [1.29, 1.82) is 0 Å². The van der Waals surface area contributed by atoms with Crippen LogP contribution < -0.4 is 15.5 Å². The van der Waals surface area contributed by atoms with Gasteiger partial charge in [-0.1, -0.05) is 24.3 Å². The van der Waals surface area contributed by atoms with Crippen LogP contribution in [0.1, 0.15) is 25.7 Å². The predicted octanol–water partition coefficient (Wildman–Crippen LogP) is 3.13. The van der Waals surface area contributed by atoms with Crippen molar-refractivity contribution in [2.75, 3.05) is 38.2 Å². The molecule has 8 heteroatoms. The van der Waals surface area contributed by atoms with Gasteiger partial charge in [0.15, 0.2) is 6.61 Å². The first kappa shape index (κ1) is 22.7. The van der Waals surface area contributed by atoms with Gasteiger partial charge in [0.1, 0.15) is 5.82 Å². The number of nitrogens with one attached hydrogen (secondary N) is 2. The van der Waals surface area contributed by atoms with Crippen molar-refractivity contribution >= 4 is 41.0 Å². The molecule has 1 aromatic carbocycles. The number of alkyl carbamates (subject to hydrolysis) is 1. The van der Waals surface area contributed by atoms with Crippen LogP contribution in [0.3, 0.4) is 0 Å². The van der Waals surface area contributed by atoms with E-state index in [0.717, 1.165) is 44.6 Å². The van der Waals surface area contributed by atoms with E-state index in [1.165, 1.54) is 17.8 Å². The lowest BCUT2D eigenvalue weighted by atomic mass is 9.92. The zero-order valence-corrected chi connectivity index (χ0v) is 17.5. The maximum Gasteiger partial charge on any atom is 0.407 e. The molecule has 2 aromatic rings. The number of pyridine rings is 1. The molecule has 3 rings (SSSR count). The van der Waals surface area contributed by atoms with Crippen molar-refractivity contribution in [2.45, 2.75) is 25.7 Å². The molecule has 0 saturated carbocycles. The lowest BCUT2D eigenvalue weighted by Crippen LogP contribution is -2.35. The second kappa shape index (κ2) is 11.5. The molecule has 1 aliphatic rings. The van der Waals surface area contributed by atoms with Crippen LogP contribution in [0.15, 0.2) is 36.5 Å². The molecule has 29 heavy (non-hydrogen) atoms. The Morgan fingerprint density at radius 2 is 1.97 bits per heavy atom. The zero-order chi connectivity index (χ0) is 19.8. The minimum absolute atomic E-state index is 0. The van der Waals surface area contributed by atoms with Crippen molar-refractivity contribution < 1.29 is 14.3 Å². The van der Waals surface area contributed by atoms with Gasteiger partial charge in [-0.3, -0.25) is 4.79 Å². The Morgan fingerprint density at radius 1 is 1.21 bits per heavy atom. The van der Waals surface area contributed by atoms with Crippen LogP contribution in [0.4, 0.5) is 10.6 Å². The first-order valence-electron chi connectivity index (χ1n) is 9.87. The topological polar surface area (TPSA) is 83.6 Å². The molecule has 0 spiro atoms. The summed E-state index contributed by atoms with van der Waals surface area (Å²) in [5.74, 6) is 1.43. The number of ether oxygens (including phenoxy) is 1. The highest BCUT2D eigenvalue weighted by Gasteiger charge is 2.21. The molecular formula is C21H29ClN4O3. The number of carbonyl (C=O) groups is 2. The molecule has 2 amide bonds. The fourth-order valence-corrected chi connectivity index (χ4v) is 3.62. The summed E-state index contributed by atoms with van der Waals surface area (Å²) in [5, 5.41) is 7.54. The Kier molecular flexibility index (Phi) is 8.99. The van der Waals surface area contributed by atoms with Crippen molar-refractivity contribution in [1.82, 2.24) is 15.6 Å². The number of aromatic nitrogens is 1. The maximum atomic E-state index is 11.5. The molecule has 0 radical (unpaired) electrons. The first-order chi connectivity index (χ1) is 13.7. The number of hydrogen-bond acceptors (Lipinski definition) is 5. The number of amides is 2. The van der Waals surface area contributed by atoms with Crippen molar-refractivity contribution in [3.63, 3.8) is 0 Å². The van der Waals surface area contributed by atoms with E-state index in [1.54, 1.807) is 0 Å². The number of nitrogens with zero attached hydrogens (tertiary/aromatic N) is 2. The average Bonchev–Trinajstić information content (AvgIpc) is 2.75. The summed E-state index contributed by atoms with van der Waals surface area (Å²) in [6, 6.07) is 10.4. The van der Waals surface area contributed by atoms with Crippen molar-refractivity contribution in [3.8, 4) is 0 Å². The third-order valence-electron chi connectivity index (χ3n) is 5.24. The van der Waals surface area contributed by atoms with Crippen LogP contribution in [0, 0.1) is 5.92 Å². The summed E-state index contributed by atoms with van der Waals surface area (Å²) >= 11 is 0. The molecular weight excluding hydrogens is 392 g/mol. The van der Waals surface area contributed by atoms with Gasteiger partial charge in [-0.2, -0.15) is 0 Å². The van der Waals surface area contributed by atoms with Crippen LogP contribution in [0.5, 0.6) is 0 Å². The van der Waals surface area contributed by atoms with E-state index >= 15 is 0 Å². The third kappa shape index (κ3) is 6.49. The number of piperidine rings is 1. The first-order valence-corrected chi connectivity index (χ1v) is 9.87. The van der Waals surface area contributed by atoms with E-state index in [-0.39, 0.29) is 24.9 Å². The standard InChI is InChI=1S/C21H28N4O3.ClH/c1-22-19(26)15-28-21(27)24-11-4-5-16-9-13-25(14-10-16)20-18-7-3-2-6-17(18)8-12-23-20;/h2-3,6-8,12,16H,4-5,9-11,13-15H2,1H3,(H,22,26)(H,24,27);1H. The van der Waals surface area contributed by atoms with E-state index in [0.29, 0.717) is 12.5 Å². The van der Waals surface area contributed by atoms with Gasteiger partial charge in [0, 0.05) is 38.3 Å². The molecule has 2 N–H and O–H groups in total. The number of hydrogen-bond donors (Lipinski definition) is 2. The number of likely N-dealkylation sites (N-methyl/N-ethyl adjacent to an activating group) is 1. The van der Waals surface area contributed by atoms with E-state index in [9.17, 15) is 9.59 Å². The molecule has 0 bridgehead atoms. The molecule has 0 unspecified atom stereocenters. The number of fused-ring (bicyclic) bond motifs is 1. The molecule has 7 nitrogen and oxygen atoms in total. The van der Waals surface area contributed by atoms with E-state index in [1.807, 2.05) is 6.20 Å². The molecule has 158 valence electrons. The Labute approximate surface area is 177 Å². The van der Waals surface area contributed by atoms with Gasteiger partial charge >= 0.3 is 6.09 Å². The van der Waals surface area contributed by atoms with Crippen LogP contribution in [-0.2, 0) is 9.53 Å². The van der Waals surface area contributed by atoms with E-state index < -0.39 is 6.09 Å². The minimum Gasteiger partial charge on any atom is -0.439 e. The highest BCUT2D eigenvalue weighted by atomic mass is 35.5. The highest BCUT2D eigenvalue weighted by molar-refractivity contribution is 5.92. The summed E-state index contributed by atoms with van der Waals surface area (Å²) in [7, 11) is 1.51. The summed E-state index contributed by atoms with van der Waals surface area (Å²) in [6.45, 7) is 2.33. The Balaban J connectivity index is 0.00000300. The van der Waals surface area contributed by atoms with Crippen LogP contribution in [-0.4, -0.2) is 50.3 Å². The van der Waals surface area contributed by atoms with Gasteiger partial charge in [0.05, 0.1) is 0 Å². The molecule has 1 fully saturated rings. The van der Waals surface area contributed by atoms with Gasteiger partial charge in [-0.25, -0.2) is 9.78 Å². The minimum atomic E-state index is -0.541. The number of rotatable bonds is 7. The molecule has 1 aliphatic heterocycles. The lowest BCUT2D eigenvalue weighted by molar-refractivity contribution is -0.123. The van der Waals surface area contributed by atoms with Crippen LogP contribution in [0.2, 0.25) is 0 Å². The monoisotopic (exact) mass is 420 g/mol. The second-order valence-electron chi connectivity index (χ2n) is 7.10. The number of benzene rings is 1. The largest absolute Gasteiger partial charge is 0.439 e. The fourth-order valence-electron chi connectivity index (χ4n) is 3.62. The third-order valence-corrected chi connectivity index (χ3v) is 5.24. The summed E-state index contributed by atoms with van der Waals surface area (Å²) < 4.78 is 4.81. The summed E-state index contributed by atoms with van der Waals surface area (Å²) in [5.41, 5.74) is 0. The van der Waals surface area contributed by atoms with Gasteiger partial charge < -0.3 is 20.3 Å². The SMILES string of the molecule is CNC(=O)COC(=O)NCCCC1CCN(c2nccc3ccccc23)CC1.Cl. The molecule has 2 heterocycles. The maximum absolute atomic E-state index is 11.5. The quantitative estimate of drug-likeness (QED) is 0.672. The Morgan fingerprint density at radius 3 is 2.72 bits per heavy atom. The van der Waals surface area contributed by atoms with E-state index in [4.69, 9.17) is 4.74 Å². The zero-order valence-electron chi connectivity index (χ0n) is 16.7. The Hall–Kier alpha value is -2.54. The average molecular weight is 421 g/mol. The summed E-state index contributed by atoms with van der Waals surface area (Å²) in [6.07, 6.45) is 5.59. The van der Waals surface area contributed by atoms with Gasteiger partial charge in [-0.05, 0) is 43.1 Å². The van der Waals surface area contributed by atoms with Crippen molar-refractivity contribution in [2.24, 2.45) is 5.92 Å². The van der Waals surface area contributed by atoms with Gasteiger partial charge in [0.2, 0.25) is 0 Å². The van der Waals surface area contributed by atoms with Crippen LogP contribution in [0.25, 0.3) is 10.8 Å². The fraction of sp³-hybridized carbons (Fsp3) is 0.476. The Bertz CT molecular complexity index is 804. The molecule has 0 atom stereocenters. The molecule has 1 aromatic heterocycles. The lowest BCUT2D eigenvalue weighted by Gasteiger charge is -2.33. The molecule has 0 aliphatic carbocycles. The smallest absolute Gasteiger partial charge is 0.407 e.